The molecule has 2 amide bonds. The fraction of sp³-hybridized carbons (Fsp3) is 0.800. The van der Waals surface area contributed by atoms with Crippen LogP contribution in [0.15, 0.2) is 4.99 Å². The number of ether oxygens (including phenoxy) is 1. The molecule has 3 aliphatic rings. The van der Waals surface area contributed by atoms with Crippen LogP contribution < -0.4 is 5.73 Å². The van der Waals surface area contributed by atoms with Crippen molar-refractivity contribution in [3.05, 3.63) is 0 Å². The Kier molecular flexibility index (Phi) is 1.95. The van der Waals surface area contributed by atoms with E-state index < -0.39 is 0 Å². The maximum atomic E-state index is 11.6. The van der Waals surface area contributed by atoms with E-state index in [9.17, 15) is 4.79 Å². The standard InChI is InChI=1S/C10H15N3O2/c11-9-8(7-2-1-5-15-7)13(6-3-4-6)10(14)12-9/h6-8H,1-5H2,(H2,11,12,14). The van der Waals surface area contributed by atoms with Crippen molar-refractivity contribution in [1.29, 1.82) is 0 Å². The van der Waals surface area contributed by atoms with E-state index in [0.29, 0.717) is 11.9 Å². The summed E-state index contributed by atoms with van der Waals surface area (Å²) in [5.74, 6) is 0.443. The molecule has 1 saturated heterocycles. The Morgan fingerprint density at radius 2 is 2.20 bits per heavy atom. The second kappa shape index (κ2) is 3.20. The Balaban J connectivity index is 1.83. The third kappa shape index (κ3) is 1.42. The number of nitrogens with zero attached hydrogens (tertiary/aromatic N) is 2. The third-order valence-corrected chi connectivity index (χ3v) is 3.31. The van der Waals surface area contributed by atoms with Gasteiger partial charge in [0.05, 0.1) is 6.10 Å². The maximum Gasteiger partial charge on any atom is 0.346 e. The summed E-state index contributed by atoms with van der Waals surface area (Å²) in [5, 5.41) is 0. The Morgan fingerprint density at radius 3 is 2.80 bits per heavy atom. The van der Waals surface area contributed by atoms with Crippen LogP contribution in [-0.4, -0.2) is 41.6 Å². The summed E-state index contributed by atoms with van der Waals surface area (Å²) in [5.41, 5.74) is 5.81. The van der Waals surface area contributed by atoms with Gasteiger partial charge in [-0.2, -0.15) is 4.99 Å². The molecule has 0 radical (unpaired) electrons. The summed E-state index contributed by atoms with van der Waals surface area (Å²) < 4.78 is 5.61. The van der Waals surface area contributed by atoms with E-state index in [1.54, 1.807) is 0 Å². The van der Waals surface area contributed by atoms with E-state index in [1.165, 1.54) is 0 Å². The summed E-state index contributed by atoms with van der Waals surface area (Å²) in [6, 6.07) is 0.0968. The summed E-state index contributed by atoms with van der Waals surface area (Å²) in [6.07, 6.45) is 4.27. The SMILES string of the molecule is NC1=NC(=O)N(C2CC2)C1C1CCCO1. The van der Waals surface area contributed by atoms with Gasteiger partial charge in [0.1, 0.15) is 11.9 Å². The van der Waals surface area contributed by atoms with Crippen molar-refractivity contribution in [3.8, 4) is 0 Å². The van der Waals surface area contributed by atoms with E-state index in [2.05, 4.69) is 4.99 Å². The minimum absolute atomic E-state index is 0.0702. The first-order valence-corrected chi connectivity index (χ1v) is 5.55. The highest BCUT2D eigenvalue weighted by atomic mass is 16.5. The molecular formula is C10H15N3O2. The first kappa shape index (κ1) is 9.15. The van der Waals surface area contributed by atoms with Crippen molar-refractivity contribution in [2.45, 2.75) is 43.9 Å². The molecule has 0 aromatic heterocycles. The normalized spacial score (nSPS) is 36.1. The molecule has 5 nitrogen and oxygen atoms in total. The van der Waals surface area contributed by atoms with Crippen molar-refractivity contribution in [1.82, 2.24) is 4.90 Å². The Labute approximate surface area is 88.3 Å². The molecule has 2 unspecified atom stereocenters. The number of amidine groups is 1. The Morgan fingerprint density at radius 1 is 1.40 bits per heavy atom. The molecule has 1 saturated carbocycles. The summed E-state index contributed by atoms with van der Waals surface area (Å²) in [6.45, 7) is 0.779. The third-order valence-electron chi connectivity index (χ3n) is 3.31. The number of amides is 2. The summed E-state index contributed by atoms with van der Waals surface area (Å²) in [4.78, 5) is 17.3. The zero-order chi connectivity index (χ0) is 10.4. The van der Waals surface area contributed by atoms with Crippen molar-refractivity contribution < 1.29 is 9.53 Å². The van der Waals surface area contributed by atoms with E-state index in [0.717, 1.165) is 32.3 Å². The number of aliphatic imine (C=N–C) groups is 1. The van der Waals surface area contributed by atoms with Crippen LogP contribution in [0.3, 0.4) is 0 Å². The van der Waals surface area contributed by atoms with Gasteiger partial charge >= 0.3 is 6.03 Å². The lowest BCUT2D eigenvalue weighted by Gasteiger charge is -2.28. The fourth-order valence-electron chi connectivity index (χ4n) is 2.45. The van der Waals surface area contributed by atoms with Crippen LogP contribution in [0.4, 0.5) is 4.79 Å². The number of urea groups is 1. The number of nitrogens with two attached hydrogens (primary N) is 1. The molecule has 2 N–H and O–H groups in total. The van der Waals surface area contributed by atoms with Gasteiger partial charge < -0.3 is 15.4 Å². The van der Waals surface area contributed by atoms with Crippen LogP contribution in [0.2, 0.25) is 0 Å². The van der Waals surface area contributed by atoms with Crippen LogP contribution >= 0.6 is 0 Å². The van der Waals surface area contributed by atoms with E-state index in [1.807, 2.05) is 4.90 Å². The van der Waals surface area contributed by atoms with Gasteiger partial charge in [-0.3, -0.25) is 0 Å². The molecule has 0 spiro atoms. The van der Waals surface area contributed by atoms with Gasteiger partial charge in [-0.1, -0.05) is 0 Å². The average Bonchev–Trinajstić information content (AvgIpc) is 2.79. The first-order valence-electron chi connectivity index (χ1n) is 5.55. The monoisotopic (exact) mass is 209 g/mol. The fourth-order valence-corrected chi connectivity index (χ4v) is 2.45. The van der Waals surface area contributed by atoms with Crippen molar-refractivity contribution in [3.63, 3.8) is 0 Å². The van der Waals surface area contributed by atoms with E-state index in [-0.39, 0.29) is 18.2 Å². The zero-order valence-electron chi connectivity index (χ0n) is 8.56. The zero-order valence-corrected chi connectivity index (χ0v) is 8.56. The lowest BCUT2D eigenvalue weighted by atomic mass is 10.1. The number of carbonyl (C=O) groups excluding carboxylic acids is 1. The molecule has 82 valence electrons. The predicted molar refractivity (Wildman–Crippen MR) is 54.6 cm³/mol. The highest BCUT2D eigenvalue weighted by Gasteiger charge is 2.47. The van der Waals surface area contributed by atoms with Crippen LogP contribution in [0.1, 0.15) is 25.7 Å². The highest BCUT2D eigenvalue weighted by Crippen LogP contribution is 2.34. The van der Waals surface area contributed by atoms with Crippen LogP contribution in [0.5, 0.6) is 0 Å². The first-order chi connectivity index (χ1) is 7.27. The predicted octanol–water partition coefficient (Wildman–Crippen LogP) is 0.489. The number of rotatable bonds is 2. The van der Waals surface area contributed by atoms with Crippen LogP contribution in [0, 0.1) is 0 Å². The topological polar surface area (TPSA) is 67.9 Å². The lowest BCUT2D eigenvalue weighted by Crippen LogP contribution is -2.49. The van der Waals surface area contributed by atoms with Gasteiger partial charge in [0.2, 0.25) is 0 Å². The van der Waals surface area contributed by atoms with Gasteiger partial charge in [-0.05, 0) is 25.7 Å². The number of hydrogen-bond acceptors (Lipinski definition) is 3. The van der Waals surface area contributed by atoms with E-state index in [4.69, 9.17) is 10.5 Å². The minimum atomic E-state index is -0.171. The average molecular weight is 209 g/mol. The van der Waals surface area contributed by atoms with E-state index >= 15 is 0 Å². The quantitative estimate of drug-likeness (QED) is 0.719. The molecular weight excluding hydrogens is 194 g/mol. The molecule has 0 bridgehead atoms. The lowest BCUT2D eigenvalue weighted by molar-refractivity contribution is 0.0651. The maximum absolute atomic E-state index is 11.6. The molecule has 3 rings (SSSR count). The van der Waals surface area contributed by atoms with Gasteiger partial charge in [0.15, 0.2) is 0 Å². The van der Waals surface area contributed by atoms with Gasteiger partial charge in [-0.25, -0.2) is 4.79 Å². The number of hydrogen-bond donors (Lipinski definition) is 1. The largest absolute Gasteiger partial charge is 0.385 e. The molecule has 0 aromatic carbocycles. The van der Waals surface area contributed by atoms with Crippen LogP contribution in [-0.2, 0) is 4.74 Å². The van der Waals surface area contributed by atoms with Crippen molar-refractivity contribution in [2.24, 2.45) is 10.7 Å². The Bertz CT molecular complexity index is 319. The molecule has 2 heterocycles. The Hall–Kier alpha value is -1.10. The minimum Gasteiger partial charge on any atom is -0.385 e. The highest BCUT2D eigenvalue weighted by molar-refractivity contribution is 6.03. The van der Waals surface area contributed by atoms with Gasteiger partial charge in [-0.15, -0.1) is 0 Å². The molecule has 5 heteroatoms. The van der Waals surface area contributed by atoms with Crippen molar-refractivity contribution in [2.75, 3.05) is 6.61 Å². The molecule has 0 aromatic rings. The van der Waals surface area contributed by atoms with Crippen molar-refractivity contribution >= 4 is 11.9 Å². The second-order valence-electron chi connectivity index (χ2n) is 4.45. The molecule has 2 atom stereocenters. The molecule has 2 aliphatic heterocycles. The molecule has 1 aliphatic carbocycles. The molecule has 15 heavy (non-hydrogen) atoms. The molecule has 2 fully saturated rings. The van der Waals surface area contributed by atoms with Crippen LogP contribution in [0.25, 0.3) is 0 Å². The number of carbonyl (C=O) groups is 1. The van der Waals surface area contributed by atoms with Gasteiger partial charge in [0.25, 0.3) is 0 Å². The van der Waals surface area contributed by atoms with Gasteiger partial charge in [0, 0.05) is 12.6 Å². The summed E-state index contributed by atoms with van der Waals surface area (Å²) in [7, 11) is 0. The summed E-state index contributed by atoms with van der Waals surface area (Å²) >= 11 is 0. The second-order valence-corrected chi connectivity index (χ2v) is 4.45. The smallest absolute Gasteiger partial charge is 0.346 e.